The lowest BCUT2D eigenvalue weighted by atomic mass is 9.96. The third-order valence-electron chi connectivity index (χ3n) is 11.5. The Balaban J connectivity index is 0.000000519. The standard InChI is InChI=1S/C25H19N.C23H15N.C3H8.8C2H6.CH4/c1-2-26-23-10-6-5-9-21(23)25-20-12-11-18-17-8-4-3-7-16(17)15-22(18)19(20)13-14-24(25)26;1-2-6-15-14(5-1)13-20-16(15)9-10-18-17(20)11-12-22-23(18)19-7-3-4-8-21(19)24-22;1-3-2;8*1-2;/h3-14H,2,15H2,1H3;1-12,24H,13H2;3H2,1-2H3;8*1-2H3;1H4. The molecule has 376 valence electrons. The van der Waals surface area contributed by atoms with Gasteiger partial charge in [0, 0.05) is 50.2 Å². The van der Waals surface area contributed by atoms with Crippen LogP contribution in [0.5, 0.6) is 0 Å². The van der Waals surface area contributed by atoms with Crippen LogP contribution in [0, 0.1) is 0 Å². The van der Waals surface area contributed by atoms with Gasteiger partial charge in [0.05, 0.1) is 0 Å². The molecule has 2 heterocycles. The van der Waals surface area contributed by atoms with Gasteiger partial charge in [0.25, 0.3) is 0 Å². The fourth-order valence-electron chi connectivity index (χ4n) is 9.31. The molecule has 0 fully saturated rings. The van der Waals surface area contributed by atoms with Crippen molar-refractivity contribution in [2.45, 2.75) is 165 Å². The minimum Gasteiger partial charge on any atom is -0.354 e. The van der Waals surface area contributed by atoms with E-state index in [1.54, 1.807) is 0 Å². The number of H-pyrrole nitrogens is 1. The lowest BCUT2D eigenvalue weighted by Crippen LogP contribution is -1.93. The molecule has 0 bridgehead atoms. The number of fused-ring (bicyclic) bond motifs is 18. The van der Waals surface area contributed by atoms with Crippen LogP contribution in [0.4, 0.5) is 0 Å². The largest absolute Gasteiger partial charge is 0.354 e. The van der Waals surface area contributed by atoms with Crippen molar-refractivity contribution in [3.63, 3.8) is 0 Å². The van der Waals surface area contributed by atoms with Crippen LogP contribution in [0.25, 0.3) is 87.4 Å². The highest BCUT2D eigenvalue weighted by atomic mass is 15.0. The second-order valence-electron chi connectivity index (χ2n) is 14.6. The van der Waals surface area contributed by atoms with Gasteiger partial charge in [-0.25, -0.2) is 0 Å². The number of aryl methyl sites for hydroxylation is 1. The third kappa shape index (κ3) is 12.4. The summed E-state index contributed by atoms with van der Waals surface area (Å²) in [6.45, 7) is 39.5. The van der Waals surface area contributed by atoms with Crippen LogP contribution in [-0.2, 0) is 19.4 Å². The van der Waals surface area contributed by atoms with Crippen LogP contribution in [0.3, 0.4) is 0 Å². The first kappa shape index (κ1) is 61.9. The van der Waals surface area contributed by atoms with E-state index in [9.17, 15) is 0 Å². The molecule has 0 amide bonds. The number of aromatic nitrogens is 2. The number of benzene rings is 8. The molecule has 1 N–H and O–H groups in total. The van der Waals surface area contributed by atoms with E-state index in [0.29, 0.717) is 0 Å². The van der Waals surface area contributed by atoms with Crippen molar-refractivity contribution in [2.24, 2.45) is 0 Å². The van der Waals surface area contributed by atoms with Gasteiger partial charge in [0.1, 0.15) is 0 Å². The molecule has 70 heavy (non-hydrogen) atoms. The molecule has 2 aliphatic rings. The lowest BCUT2D eigenvalue weighted by Gasteiger charge is -2.08. The summed E-state index contributed by atoms with van der Waals surface area (Å²) in [4.78, 5) is 3.55. The number of hydrogen-bond acceptors (Lipinski definition) is 0. The van der Waals surface area contributed by atoms with Crippen LogP contribution < -0.4 is 0 Å². The van der Waals surface area contributed by atoms with Gasteiger partial charge in [-0.3, -0.25) is 0 Å². The first-order valence-electron chi connectivity index (χ1n) is 27.3. The summed E-state index contributed by atoms with van der Waals surface area (Å²) < 4.78 is 2.44. The molecule has 8 aromatic carbocycles. The molecule has 0 spiro atoms. The van der Waals surface area contributed by atoms with E-state index in [2.05, 4.69) is 176 Å². The van der Waals surface area contributed by atoms with Crippen molar-refractivity contribution >= 4 is 65.2 Å². The zero-order chi connectivity index (χ0) is 51.6. The highest BCUT2D eigenvalue weighted by Crippen LogP contribution is 2.45. The van der Waals surface area contributed by atoms with E-state index in [-0.39, 0.29) is 7.43 Å². The second-order valence-corrected chi connectivity index (χ2v) is 14.6. The summed E-state index contributed by atoms with van der Waals surface area (Å²) in [5, 5.41) is 11.0. The molecule has 10 aromatic rings. The molecule has 2 aromatic heterocycles. The molecule has 2 aliphatic carbocycles. The van der Waals surface area contributed by atoms with E-state index in [1.807, 2.05) is 111 Å². The Morgan fingerprint density at radius 3 is 1.24 bits per heavy atom. The van der Waals surface area contributed by atoms with Crippen LogP contribution in [0.2, 0.25) is 0 Å². The highest BCUT2D eigenvalue weighted by molar-refractivity contribution is 6.23. The summed E-state index contributed by atoms with van der Waals surface area (Å²) in [5.41, 5.74) is 16.6. The Hall–Kier alpha value is -6.12. The smallest absolute Gasteiger partial charge is 0.0497 e. The van der Waals surface area contributed by atoms with Crippen molar-refractivity contribution in [3.8, 4) is 22.3 Å². The van der Waals surface area contributed by atoms with Gasteiger partial charge in [-0.15, -0.1) is 0 Å². The Morgan fingerprint density at radius 1 is 0.343 bits per heavy atom. The molecular formula is C68H94N2. The molecule has 0 atom stereocenters. The van der Waals surface area contributed by atoms with Crippen LogP contribution >= 0.6 is 0 Å². The average molecular weight is 940 g/mol. The summed E-state index contributed by atoms with van der Waals surface area (Å²) in [7, 11) is 0. The van der Waals surface area contributed by atoms with Gasteiger partial charge in [0.2, 0.25) is 0 Å². The first-order valence-corrected chi connectivity index (χ1v) is 27.3. The van der Waals surface area contributed by atoms with Gasteiger partial charge in [0.15, 0.2) is 0 Å². The molecule has 0 radical (unpaired) electrons. The van der Waals surface area contributed by atoms with Gasteiger partial charge < -0.3 is 9.55 Å². The van der Waals surface area contributed by atoms with Gasteiger partial charge in [-0.2, -0.15) is 0 Å². The Kier molecular flexibility index (Phi) is 28.9. The van der Waals surface area contributed by atoms with Gasteiger partial charge in [-0.05, 0) is 110 Å². The van der Waals surface area contributed by atoms with E-state index in [1.165, 1.54) is 116 Å². The second kappa shape index (κ2) is 32.6. The maximum absolute atomic E-state index is 3.55. The topological polar surface area (TPSA) is 20.7 Å². The van der Waals surface area contributed by atoms with Crippen LogP contribution in [0.1, 0.15) is 168 Å². The predicted molar refractivity (Wildman–Crippen MR) is 326 cm³/mol. The van der Waals surface area contributed by atoms with Crippen molar-refractivity contribution in [3.05, 3.63) is 168 Å². The highest BCUT2D eigenvalue weighted by Gasteiger charge is 2.23. The number of aromatic amines is 1. The van der Waals surface area contributed by atoms with Crippen molar-refractivity contribution in [2.75, 3.05) is 0 Å². The SMILES string of the molecule is C.CC.CC.CC.CC.CC.CC.CC.CC.CCC.CCn1c2ccccc2c2c3ccc4c(c3ccc21)Cc1ccccc1-4.c1ccc2c(c1)Cc1c-2ccc2c1ccc1[nH]c3ccccc3c12. The zero-order valence-electron chi connectivity index (χ0n) is 46.6. The van der Waals surface area contributed by atoms with E-state index >= 15 is 0 Å². The monoisotopic (exact) mass is 939 g/mol. The fourth-order valence-corrected chi connectivity index (χ4v) is 9.31. The molecule has 2 heteroatoms. The zero-order valence-corrected chi connectivity index (χ0v) is 46.6. The van der Waals surface area contributed by atoms with Crippen molar-refractivity contribution < 1.29 is 0 Å². The Bertz CT molecular complexity index is 3040. The van der Waals surface area contributed by atoms with Crippen molar-refractivity contribution in [1.29, 1.82) is 0 Å². The molecule has 12 rings (SSSR count). The summed E-state index contributed by atoms with van der Waals surface area (Å²) in [5.74, 6) is 0. The molecule has 0 aliphatic heterocycles. The number of rotatable bonds is 1. The van der Waals surface area contributed by atoms with Gasteiger partial charge >= 0.3 is 0 Å². The average Bonchev–Trinajstić information content (AvgIpc) is 4.23. The van der Waals surface area contributed by atoms with Gasteiger partial charge in [-0.1, -0.05) is 260 Å². The Labute approximate surface area is 427 Å². The minimum absolute atomic E-state index is 0. The van der Waals surface area contributed by atoms with Crippen LogP contribution in [0.15, 0.2) is 146 Å². The quantitative estimate of drug-likeness (QED) is 0.169. The summed E-state index contributed by atoms with van der Waals surface area (Å²) in [6, 6.07) is 53.5. The molecular weight excluding hydrogens is 845 g/mol. The summed E-state index contributed by atoms with van der Waals surface area (Å²) >= 11 is 0. The minimum atomic E-state index is 0. The fraction of sp³-hybridized carbons (Fsp3) is 0.353. The molecule has 0 saturated carbocycles. The summed E-state index contributed by atoms with van der Waals surface area (Å²) in [6.07, 6.45) is 3.33. The number of para-hydroxylation sites is 2. The van der Waals surface area contributed by atoms with E-state index in [4.69, 9.17) is 0 Å². The maximum Gasteiger partial charge on any atom is 0.0497 e. The number of nitrogens with one attached hydrogen (secondary N) is 1. The molecule has 0 unspecified atom stereocenters. The molecule has 0 saturated heterocycles. The maximum atomic E-state index is 3.55. The van der Waals surface area contributed by atoms with Crippen molar-refractivity contribution in [1.82, 2.24) is 9.55 Å². The third-order valence-corrected chi connectivity index (χ3v) is 11.5. The normalized spacial score (nSPS) is 10.1. The first-order chi connectivity index (χ1) is 34.2. The van der Waals surface area contributed by atoms with E-state index in [0.717, 1.165) is 19.4 Å². The number of nitrogens with zero attached hydrogens (tertiary/aromatic N) is 1. The van der Waals surface area contributed by atoms with Crippen LogP contribution in [-0.4, -0.2) is 9.55 Å². The number of hydrogen-bond donors (Lipinski definition) is 1. The molecule has 2 nitrogen and oxygen atoms in total. The lowest BCUT2D eigenvalue weighted by molar-refractivity contribution is 0.827. The van der Waals surface area contributed by atoms with E-state index < -0.39 is 0 Å². The predicted octanol–water partition coefficient (Wildman–Crippen LogP) is 22.8. The Morgan fingerprint density at radius 2 is 0.743 bits per heavy atom.